The predicted molar refractivity (Wildman–Crippen MR) is 103 cm³/mol. The van der Waals surface area contributed by atoms with E-state index in [1.165, 1.54) is 17.5 Å². The van der Waals surface area contributed by atoms with E-state index in [1.807, 2.05) is 25.7 Å². The molecule has 26 heavy (non-hydrogen) atoms. The number of amides is 1. The second kappa shape index (κ2) is 8.07. The molecule has 0 saturated carbocycles. The summed E-state index contributed by atoms with van der Waals surface area (Å²) >= 11 is 0. The van der Waals surface area contributed by atoms with Crippen molar-refractivity contribution >= 4 is 5.91 Å². The number of likely N-dealkylation sites (tertiary alicyclic amines) is 1. The van der Waals surface area contributed by atoms with Crippen molar-refractivity contribution in [2.45, 2.75) is 59.3 Å². The van der Waals surface area contributed by atoms with Crippen LogP contribution in [0.25, 0.3) is 0 Å². The van der Waals surface area contributed by atoms with E-state index in [4.69, 9.17) is 4.52 Å². The fourth-order valence-electron chi connectivity index (χ4n) is 3.75. The molecule has 1 aliphatic heterocycles. The summed E-state index contributed by atoms with van der Waals surface area (Å²) < 4.78 is 5.39. The van der Waals surface area contributed by atoms with Crippen molar-refractivity contribution < 1.29 is 9.32 Å². The lowest BCUT2D eigenvalue weighted by atomic mass is 9.90. The molecule has 0 bridgehead atoms. The molecular formula is C22H30N2O2. The Hall–Kier alpha value is -2.10. The van der Waals surface area contributed by atoms with Crippen molar-refractivity contribution in [1.29, 1.82) is 0 Å². The normalized spacial score (nSPS) is 15.7. The summed E-state index contributed by atoms with van der Waals surface area (Å²) in [6.45, 7) is 9.72. The van der Waals surface area contributed by atoms with E-state index in [9.17, 15) is 4.79 Å². The third-order valence-electron chi connectivity index (χ3n) is 5.49. The van der Waals surface area contributed by atoms with Crippen LogP contribution in [0.2, 0.25) is 0 Å². The molecule has 3 rings (SSSR count). The molecule has 1 fully saturated rings. The van der Waals surface area contributed by atoms with Crippen molar-refractivity contribution in [3.63, 3.8) is 0 Å². The molecule has 0 spiro atoms. The predicted octanol–water partition coefficient (Wildman–Crippen LogP) is 4.90. The highest BCUT2D eigenvalue weighted by Crippen LogP contribution is 2.27. The van der Waals surface area contributed by atoms with E-state index in [0.29, 0.717) is 22.9 Å². The van der Waals surface area contributed by atoms with E-state index in [1.54, 1.807) is 0 Å². The third-order valence-corrected chi connectivity index (χ3v) is 5.49. The largest absolute Gasteiger partial charge is 0.360 e. The van der Waals surface area contributed by atoms with Crippen molar-refractivity contribution in [3.05, 3.63) is 52.4 Å². The van der Waals surface area contributed by atoms with Crippen LogP contribution in [0.15, 0.2) is 28.8 Å². The fourth-order valence-corrected chi connectivity index (χ4v) is 3.75. The molecule has 0 aliphatic carbocycles. The van der Waals surface area contributed by atoms with Gasteiger partial charge in [0.15, 0.2) is 5.76 Å². The highest BCUT2D eigenvalue weighted by molar-refractivity contribution is 5.96. The first-order valence-corrected chi connectivity index (χ1v) is 9.76. The number of hydrogen-bond donors (Lipinski definition) is 0. The number of benzene rings is 1. The van der Waals surface area contributed by atoms with Gasteiger partial charge in [-0.2, -0.15) is 0 Å². The van der Waals surface area contributed by atoms with E-state index in [0.717, 1.165) is 32.4 Å². The fraction of sp³-hybridized carbons (Fsp3) is 0.545. The zero-order valence-corrected chi connectivity index (χ0v) is 16.4. The SMILES string of the molecule is Cc1ccc(CCC2CCN(C(=O)c3c(C)noc3C(C)C)CC2)cc1. The Kier molecular flexibility index (Phi) is 5.80. The number of piperidine rings is 1. The molecular weight excluding hydrogens is 324 g/mol. The van der Waals surface area contributed by atoms with Crippen molar-refractivity contribution in [2.24, 2.45) is 5.92 Å². The number of aryl methyl sites for hydroxylation is 3. The molecule has 0 N–H and O–H groups in total. The zero-order valence-electron chi connectivity index (χ0n) is 16.4. The summed E-state index contributed by atoms with van der Waals surface area (Å²) in [6, 6.07) is 8.83. The van der Waals surface area contributed by atoms with Gasteiger partial charge in [-0.25, -0.2) is 0 Å². The second-order valence-electron chi connectivity index (χ2n) is 7.92. The number of carbonyl (C=O) groups is 1. The van der Waals surface area contributed by atoms with Gasteiger partial charge in [-0.05, 0) is 51.0 Å². The van der Waals surface area contributed by atoms with Crippen LogP contribution in [-0.4, -0.2) is 29.1 Å². The van der Waals surface area contributed by atoms with E-state index in [2.05, 4.69) is 36.3 Å². The summed E-state index contributed by atoms with van der Waals surface area (Å²) in [6.07, 6.45) is 4.49. The molecule has 4 heteroatoms. The number of carbonyl (C=O) groups excluding carboxylic acids is 1. The smallest absolute Gasteiger partial charge is 0.259 e. The van der Waals surface area contributed by atoms with Gasteiger partial charge in [-0.1, -0.05) is 48.8 Å². The van der Waals surface area contributed by atoms with Crippen molar-refractivity contribution in [2.75, 3.05) is 13.1 Å². The molecule has 0 radical (unpaired) electrons. The average Bonchev–Trinajstić information content (AvgIpc) is 3.03. The number of nitrogens with zero attached hydrogens (tertiary/aromatic N) is 2. The van der Waals surface area contributed by atoms with Crippen LogP contribution in [0, 0.1) is 19.8 Å². The maximum Gasteiger partial charge on any atom is 0.259 e. The molecule has 1 aromatic carbocycles. The minimum absolute atomic E-state index is 0.0874. The molecule has 1 amide bonds. The summed E-state index contributed by atoms with van der Waals surface area (Å²) in [5.41, 5.74) is 4.11. The van der Waals surface area contributed by atoms with Gasteiger partial charge in [-0.15, -0.1) is 0 Å². The molecule has 1 saturated heterocycles. The van der Waals surface area contributed by atoms with Crippen molar-refractivity contribution in [3.8, 4) is 0 Å². The Morgan fingerprint density at radius 2 is 1.85 bits per heavy atom. The van der Waals surface area contributed by atoms with Crippen LogP contribution < -0.4 is 0 Å². The summed E-state index contributed by atoms with van der Waals surface area (Å²) in [4.78, 5) is 14.9. The number of hydrogen-bond acceptors (Lipinski definition) is 3. The summed E-state index contributed by atoms with van der Waals surface area (Å²) in [5.74, 6) is 1.68. The van der Waals surface area contributed by atoms with Crippen LogP contribution in [0.4, 0.5) is 0 Å². The molecule has 1 aliphatic rings. The second-order valence-corrected chi connectivity index (χ2v) is 7.92. The van der Waals surface area contributed by atoms with Crippen LogP contribution in [0.1, 0.15) is 72.0 Å². The van der Waals surface area contributed by atoms with Crippen molar-refractivity contribution in [1.82, 2.24) is 10.1 Å². The molecule has 0 atom stereocenters. The summed E-state index contributed by atoms with van der Waals surface area (Å²) in [7, 11) is 0. The highest BCUT2D eigenvalue weighted by Gasteiger charge is 2.29. The van der Waals surface area contributed by atoms with Gasteiger partial charge in [0.05, 0.1) is 5.69 Å². The molecule has 4 nitrogen and oxygen atoms in total. The average molecular weight is 354 g/mol. The molecule has 2 aromatic rings. The Morgan fingerprint density at radius 1 is 1.19 bits per heavy atom. The van der Waals surface area contributed by atoms with Gasteiger partial charge in [0.2, 0.25) is 0 Å². The minimum Gasteiger partial charge on any atom is -0.360 e. The lowest BCUT2D eigenvalue weighted by Gasteiger charge is -2.32. The molecule has 0 unspecified atom stereocenters. The first-order chi connectivity index (χ1) is 12.5. The quantitative estimate of drug-likeness (QED) is 0.767. The van der Waals surface area contributed by atoms with Gasteiger partial charge in [0.25, 0.3) is 5.91 Å². The first kappa shape index (κ1) is 18.7. The van der Waals surface area contributed by atoms with E-state index < -0.39 is 0 Å². The van der Waals surface area contributed by atoms with Crippen LogP contribution >= 0.6 is 0 Å². The Morgan fingerprint density at radius 3 is 2.46 bits per heavy atom. The lowest BCUT2D eigenvalue weighted by molar-refractivity contribution is 0.0683. The maximum atomic E-state index is 13.0. The van der Waals surface area contributed by atoms with E-state index >= 15 is 0 Å². The van der Waals surface area contributed by atoms with Gasteiger partial charge in [-0.3, -0.25) is 4.79 Å². The Labute approximate surface area is 156 Å². The Balaban J connectivity index is 1.54. The van der Waals surface area contributed by atoms with Gasteiger partial charge in [0, 0.05) is 19.0 Å². The van der Waals surface area contributed by atoms with Gasteiger partial charge < -0.3 is 9.42 Å². The highest BCUT2D eigenvalue weighted by atomic mass is 16.5. The summed E-state index contributed by atoms with van der Waals surface area (Å²) in [5, 5.41) is 4.02. The topological polar surface area (TPSA) is 46.3 Å². The first-order valence-electron chi connectivity index (χ1n) is 9.76. The lowest BCUT2D eigenvalue weighted by Crippen LogP contribution is -2.39. The maximum absolute atomic E-state index is 13.0. The molecule has 2 heterocycles. The van der Waals surface area contributed by atoms with Gasteiger partial charge >= 0.3 is 0 Å². The third kappa shape index (κ3) is 4.17. The van der Waals surface area contributed by atoms with Crippen LogP contribution in [0.5, 0.6) is 0 Å². The minimum atomic E-state index is 0.0874. The Bertz CT molecular complexity index is 738. The number of aromatic nitrogens is 1. The zero-order chi connectivity index (χ0) is 18.7. The molecule has 140 valence electrons. The van der Waals surface area contributed by atoms with Gasteiger partial charge in [0.1, 0.15) is 5.56 Å². The monoisotopic (exact) mass is 354 g/mol. The standard InChI is InChI=1S/C22H30N2O2/c1-15(2)21-20(17(4)23-26-21)22(25)24-13-11-19(12-14-24)10-9-18-7-5-16(3)6-8-18/h5-8,15,19H,9-14H2,1-4H3. The van der Waals surface area contributed by atoms with Crippen LogP contribution in [0.3, 0.4) is 0 Å². The number of rotatable bonds is 5. The molecule has 1 aromatic heterocycles. The van der Waals surface area contributed by atoms with E-state index in [-0.39, 0.29) is 11.8 Å². The van der Waals surface area contributed by atoms with Crippen LogP contribution in [-0.2, 0) is 6.42 Å².